The van der Waals surface area contributed by atoms with Gasteiger partial charge in [-0.2, -0.15) is 0 Å². The molecular formula is C49H46O16. The van der Waals surface area contributed by atoms with E-state index in [0.717, 1.165) is 14.2 Å². The molecule has 0 aliphatic carbocycles. The van der Waals surface area contributed by atoms with E-state index >= 15 is 0 Å². The number of fused-ring (bicyclic) bond motifs is 7. The molecule has 1 aliphatic rings. The first-order valence-electron chi connectivity index (χ1n) is 20.2. The summed E-state index contributed by atoms with van der Waals surface area (Å²) in [5.74, 6) is -4.64. The number of hydrogen-bond acceptors (Lipinski definition) is 16. The maximum atomic E-state index is 13.9. The quantitative estimate of drug-likeness (QED) is 0.0787. The minimum atomic E-state index is -0.933. The van der Waals surface area contributed by atoms with E-state index in [0.29, 0.717) is 22.3 Å². The van der Waals surface area contributed by atoms with Gasteiger partial charge in [0.15, 0.2) is 34.5 Å². The molecule has 6 aromatic carbocycles. The first-order chi connectivity index (χ1) is 31.3. The zero-order chi connectivity index (χ0) is 46.7. The molecule has 0 spiro atoms. The van der Waals surface area contributed by atoms with Crippen molar-refractivity contribution in [2.75, 3.05) is 49.5 Å². The second-order valence-corrected chi connectivity index (χ2v) is 14.9. The number of ether oxygens (including phenoxy) is 10. The van der Waals surface area contributed by atoms with Gasteiger partial charge in [-0.3, -0.25) is 0 Å². The molecule has 0 unspecified atom stereocenters. The van der Waals surface area contributed by atoms with E-state index in [4.69, 9.17) is 47.4 Å². The third-order valence-corrected chi connectivity index (χ3v) is 10.9. The summed E-state index contributed by atoms with van der Waals surface area (Å²) in [5, 5.41) is 24.8. The summed E-state index contributed by atoms with van der Waals surface area (Å²) in [6.07, 6.45) is -1.56. The number of phenols is 2. The number of phenolic OH excluding ortho intramolecular Hbond substituents is 2. The molecule has 0 bridgehead atoms. The van der Waals surface area contributed by atoms with Crippen molar-refractivity contribution in [3.8, 4) is 57.1 Å². The Morgan fingerprint density at radius 3 is 1.22 bits per heavy atom. The fourth-order valence-electron chi connectivity index (χ4n) is 8.24. The molecule has 65 heavy (non-hydrogen) atoms. The van der Waals surface area contributed by atoms with Crippen molar-refractivity contribution in [1.29, 1.82) is 0 Å². The van der Waals surface area contributed by atoms with Gasteiger partial charge in [0.1, 0.15) is 34.8 Å². The largest absolute Gasteiger partial charge is 0.504 e. The van der Waals surface area contributed by atoms with Crippen LogP contribution in [0.3, 0.4) is 0 Å². The Hall–Kier alpha value is -7.88. The SMILES string of the molecule is COC(=O)c1c2c(c3cc(C[C@@H](C)OC(=O)c4ccccc4)c(OC)c(O)c3c1OC)-c1c(c(C(=O)OC)c(OC)c3c(O)c(OC)c(C[C@@H](C)OC(=O)c4ccccc4)cc13)OCO2. The van der Waals surface area contributed by atoms with Gasteiger partial charge in [0.05, 0.1) is 64.6 Å². The summed E-state index contributed by atoms with van der Waals surface area (Å²) in [7, 11) is 7.56. The van der Waals surface area contributed by atoms with Gasteiger partial charge >= 0.3 is 23.9 Å². The van der Waals surface area contributed by atoms with Gasteiger partial charge in [0, 0.05) is 45.9 Å². The first kappa shape index (κ1) is 45.2. The lowest BCUT2D eigenvalue weighted by Crippen LogP contribution is -2.18. The van der Waals surface area contributed by atoms with Gasteiger partial charge in [0.2, 0.25) is 6.79 Å². The third-order valence-electron chi connectivity index (χ3n) is 10.9. The van der Waals surface area contributed by atoms with Gasteiger partial charge in [0.25, 0.3) is 0 Å². The Morgan fingerprint density at radius 2 is 0.892 bits per heavy atom. The predicted molar refractivity (Wildman–Crippen MR) is 235 cm³/mol. The van der Waals surface area contributed by atoms with Crippen LogP contribution >= 0.6 is 0 Å². The number of aromatic hydroxyl groups is 2. The van der Waals surface area contributed by atoms with Crippen molar-refractivity contribution in [2.45, 2.75) is 38.9 Å². The van der Waals surface area contributed by atoms with E-state index in [9.17, 15) is 29.4 Å². The lowest BCUT2D eigenvalue weighted by Gasteiger charge is -2.25. The fraction of sp³-hybridized carbons (Fsp3) is 0.265. The molecule has 338 valence electrons. The summed E-state index contributed by atoms with van der Waals surface area (Å²) < 4.78 is 58.0. The molecule has 0 aromatic heterocycles. The molecule has 0 saturated carbocycles. The molecule has 16 nitrogen and oxygen atoms in total. The molecule has 0 radical (unpaired) electrons. The lowest BCUT2D eigenvalue weighted by atomic mass is 9.85. The molecule has 0 amide bonds. The Morgan fingerprint density at radius 1 is 0.538 bits per heavy atom. The van der Waals surface area contributed by atoms with Crippen molar-refractivity contribution in [2.24, 2.45) is 0 Å². The van der Waals surface area contributed by atoms with Crippen molar-refractivity contribution >= 4 is 45.4 Å². The van der Waals surface area contributed by atoms with E-state index in [1.54, 1.807) is 86.6 Å². The topological polar surface area (TPSA) is 201 Å². The molecular weight excluding hydrogens is 845 g/mol. The zero-order valence-corrected chi connectivity index (χ0v) is 36.8. The average Bonchev–Trinajstić information content (AvgIpc) is 3.51. The van der Waals surface area contributed by atoms with E-state index in [-0.39, 0.29) is 91.1 Å². The van der Waals surface area contributed by atoms with Gasteiger partial charge in [-0.05, 0) is 50.2 Å². The molecule has 6 aromatic rings. The highest BCUT2D eigenvalue weighted by Gasteiger charge is 2.39. The lowest BCUT2D eigenvalue weighted by molar-refractivity contribution is 0.0331. The van der Waals surface area contributed by atoms with Crippen LogP contribution in [0.15, 0.2) is 72.8 Å². The van der Waals surface area contributed by atoms with Crippen molar-refractivity contribution < 1.29 is 76.8 Å². The molecule has 0 fully saturated rings. The number of benzene rings is 6. The van der Waals surface area contributed by atoms with E-state index in [1.165, 1.54) is 28.4 Å². The molecule has 1 aliphatic heterocycles. The van der Waals surface area contributed by atoms with Crippen LogP contribution in [0.4, 0.5) is 0 Å². The van der Waals surface area contributed by atoms with Gasteiger partial charge in [-0.1, -0.05) is 36.4 Å². The van der Waals surface area contributed by atoms with Crippen LogP contribution in [0.25, 0.3) is 32.7 Å². The summed E-state index contributed by atoms with van der Waals surface area (Å²) in [4.78, 5) is 54.2. The van der Waals surface area contributed by atoms with Crippen LogP contribution in [-0.4, -0.2) is 95.7 Å². The minimum absolute atomic E-state index is 0.00377. The van der Waals surface area contributed by atoms with Crippen LogP contribution in [0.2, 0.25) is 0 Å². The number of hydrogen-bond donors (Lipinski definition) is 2. The van der Waals surface area contributed by atoms with Crippen LogP contribution < -0.4 is 28.4 Å². The summed E-state index contributed by atoms with van der Waals surface area (Å²) in [5.41, 5.74) is 0.949. The van der Waals surface area contributed by atoms with Gasteiger partial charge < -0.3 is 57.6 Å². The number of methoxy groups -OCH3 is 6. The Kier molecular flexibility index (Phi) is 13.1. The second kappa shape index (κ2) is 18.8. The fourth-order valence-corrected chi connectivity index (χ4v) is 8.24. The van der Waals surface area contributed by atoms with Crippen molar-refractivity contribution in [3.05, 3.63) is 106 Å². The zero-order valence-electron chi connectivity index (χ0n) is 36.8. The van der Waals surface area contributed by atoms with E-state index in [1.807, 2.05) is 0 Å². The average molecular weight is 891 g/mol. The van der Waals surface area contributed by atoms with Gasteiger partial charge in [-0.25, -0.2) is 19.2 Å². The van der Waals surface area contributed by atoms with Gasteiger partial charge in [-0.15, -0.1) is 0 Å². The molecule has 7 rings (SSSR count). The van der Waals surface area contributed by atoms with Crippen LogP contribution in [-0.2, 0) is 31.8 Å². The molecule has 1 heterocycles. The standard InChI is InChI=1S/C49H46O16/c1-24(64-46(52)26-15-11-9-12-16-26)19-28-21-30-32-33-31-22-29(20-25(2)65-47(53)27-17-13-10-14-18-27)41(57-4)39(51)35(31)43(59-6)37(49(55)61-8)45(33)63-23-62-44(32)36(48(54)60-7)42(58-5)34(30)38(50)40(28)56-3/h9-18,21-22,24-25,50-51H,19-20,23H2,1-8H3/t24-,25-/m1/s1. The van der Waals surface area contributed by atoms with E-state index in [2.05, 4.69) is 0 Å². The normalized spacial score (nSPS) is 12.6. The summed E-state index contributed by atoms with van der Waals surface area (Å²) in [6.45, 7) is 2.75. The Labute approximate surface area is 373 Å². The maximum Gasteiger partial charge on any atom is 0.345 e. The highest BCUT2D eigenvalue weighted by Crippen LogP contribution is 2.59. The molecule has 0 saturated heterocycles. The monoisotopic (exact) mass is 890 g/mol. The molecule has 16 heteroatoms. The molecule has 2 atom stereocenters. The predicted octanol–water partition coefficient (Wildman–Crippen LogP) is 7.98. The first-order valence-corrected chi connectivity index (χ1v) is 20.2. The van der Waals surface area contributed by atoms with E-state index < -0.39 is 54.4 Å². The van der Waals surface area contributed by atoms with Crippen LogP contribution in [0.5, 0.6) is 46.0 Å². The highest BCUT2D eigenvalue weighted by molar-refractivity contribution is 6.22. The van der Waals surface area contributed by atoms with Crippen LogP contribution in [0, 0.1) is 0 Å². The van der Waals surface area contributed by atoms with Crippen LogP contribution in [0.1, 0.15) is 66.4 Å². The number of esters is 4. The van der Waals surface area contributed by atoms with Crippen molar-refractivity contribution in [1.82, 2.24) is 0 Å². The second-order valence-electron chi connectivity index (χ2n) is 14.9. The highest BCUT2D eigenvalue weighted by atomic mass is 16.7. The smallest absolute Gasteiger partial charge is 0.345 e. The molecule has 2 N–H and O–H groups in total. The minimum Gasteiger partial charge on any atom is -0.504 e. The number of carbonyl (C=O) groups is 4. The Bertz CT molecular complexity index is 2640. The maximum absolute atomic E-state index is 13.9. The number of carbonyl (C=O) groups excluding carboxylic acids is 4. The van der Waals surface area contributed by atoms with Crippen molar-refractivity contribution in [3.63, 3.8) is 0 Å². The summed E-state index contributed by atoms with van der Waals surface area (Å²) >= 11 is 0. The summed E-state index contributed by atoms with van der Waals surface area (Å²) in [6, 6.07) is 20.2. The third kappa shape index (κ3) is 8.14. The number of rotatable bonds is 14. The Balaban J connectivity index is 1.58.